The van der Waals surface area contributed by atoms with Crippen molar-refractivity contribution in [2.45, 2.75) is 20.3 Å². The third-order valence-electron chi connectivity index (χ3n) is 5.06. The van der Waals surface area contributed by atoms with Gasteiger partial charge in [0.15, 0.2) is 16.8 Å². The van der Waals surface area contributed by atoms with Gasteiger partial charge in [-0.15, -0.1) is 0 Å². The molecule has 0 amide bonds. The molecular weight excluding hydrogens is 386 g/mol. The Morgan fingerprint density at radius 2 is 1.73 bits per heavy atom. The molecule has 0 atom stereocenters. The van der Waals surface area contributed by atoms with Crippen LogP contribution in [0.25, 0.3) is 22.3 Å². The molecule has 0 aliphatic carbocycles. The molecular formula is C23H27NO6. The molecule has 0 unspecified atom stereocenters. The second-order valence-corrected chi connectivity index (χ2v) is 6.83. The minimum Gasteiger partial charge on any atom is -0.504 e. The standard InChI is InChI=1S/C23H27NO6/c1-4-24(5-2)12-9-13-29-22-20(27)19(26)18-16(25)14-17(15-10-7-6-8-11-15)30-21(18)23(22)28-3/h6-8,10-11,14,26-27H,4-5,9,12-13H2,1-3H3. The van der Waals surface area contributed by atoms with Crippen molar-refractivity contribution in [3.8, 4) is 34.3 Å². The molecule has 7 nitrogen and oxygen atoms in total. The Hall–Kier alpha value is -3.19. The first kappa shape index (κ1) is 21.5. The summed E-state index contributed by atoms with van der Waals surface area (Å²) in [4.78, 5) is 14.9. The second-order valence-electron chi connectivity index (χ2n) is 6.83. The summed E-state index contributed by atoms with van der Waals surface area (Å²) in [6, 6.07) is 10.4. The predicted octanol–water partition coefficient (Wildman–Crippen LogP) is 3.99. The third-order valence-corrected chi connectivity index (χ3v) is 5.06. The molecule has 30 heavy (non-hydrogen) atoms. The van der Waals surface area contributed by atoms with Crippen LogP contribution in [0.1, 0.15) is 20.3 Å². The maximum absolute atomic E-state index is 12.7. The first-order valence-corrected chi connectivity index (χ1v) is 10.0. The lowest BCUT2D eigenvalue weighted by Crippen LogP contribution is -2.25. The SMILES string of the molecule is CCN(CC)CCCOc1c(O)c(O)c2c(=O)cc(-c3ccccc3)oc2c1OC. The monoisotopic (exact) mass is 413 g/mol. The largest absolute Gasteiger partial charge is 0.504 e. The number of phenolic OH excluding ortho intramolecular Hbond substituents is 2. The maximum Gasteiger partial charge on any atom is 0.211 e. The van der Waals surface area contributed by atoms with Gasteiger partial charge >= 0.3 is 0 Å². The first-order valence-electron chi connectivity index (χ1n) is 10.0. The van der Waals surface area contributed by atoms with Gasteiger partial charge < -0.3 is 29.0 Å². The van der Waals surface area contributed by atoms with Gasteiger partial charge in [0.05, 0.1) is 13.7 Å². The van der Waals surface area contributed by atoms with E-state index >= 15 is 0 Å². The average molecular weight is 413 g/mol. The number of benzene rings is 2. The number of hydrogen-bond donors (Lipinski definition) is 2. The van der Waals surface area contributed by atoms with Gasteiger partial charge in [0.25, 0.3) is 0 Å². The van der Waals surface area contributed by atoms with Crippen molar-refractivity contribution in [3.63, 3.8) is 0 Å². The predicted molar refractivity (Wildman–Crippen MR) is 116 cm³/mol. The van der Waals surface area contributed by atoms with E-state index in [-0.39, 0.29) is 22.5 Å². The zero-order valence-corrected chi connectivity index (χ0v) is 17.5. The average Bonchev–Trinajstić information content (AvgIpc) is 2.77. The fraction of sp³-hybridized carbons (Fsp3) is 0.348. The van der Waals surface area contributed by atoms with Gasteiger partial charge in [-0.1, -0.05) is 44.2 Å². The number of rotatable bonds is 9. The van der Waals surface area contributed by atoms with E-state index in [4.69, 9.17) is 13.9 Å². The summed E-state index contributed by atoms with van der Waals surface area (Å²) in [5.74, 6) is -0.780. The fourth-order valence-electron chi connectivity index (χ4n) is 3.38. The molecule has 0 bridgehead atoms. The highest BCUT2D eigenvalue weighted by molar-refractivity contribution is 5.95. The second kappa shape index (κ2) is 9.54. The number of nitrogens with zero attached hydrogens (tertiary/aromatic N) is 1. The molecule has 0 saturated heterocycles. The lowest BCUT2D eigenvalue weighted by molar-refractivity contribution is 0.234. The Morgan fingerprint density at radius 3 is 2.37 bits per heavy atom. The number of fused-ring (bicyclic) bond motifs is 1. The number of methoxy groups -OCH3 is 1. The summed E-state index contributed by atoms with van der Waals surface area (Å²) < 4.78 is 17.1. The summed E-state index contributed by atoms with van der Waals surface area (Å²) in [5, 5.41) is 20.8. The van der Waals surface area contributed by atoms with Crippen molar-refractivity contribution in [1.82, 2.24) is 4.90 Å². The number of phenols is 2. The molecule has 0 radical (unpaired) electrons. The van der Waals surface area contributed by atoms with Crippen LogP contribution in [0.4, 0.5) is 0 Å². The van der Waals surface area contributed by atoms with E-state index in [1.165, 1.54) is 13.2 Å². The first-order chi connectivity index (χ1) is 14.5. The van der Waals surface area contributed by atoms with Crippen LogP contribution in [0, 0.1) is 0 Å². The molecule has 160 valence electrons. The van der Waals surface area contributed by atoms with Crippen LogP contribution >= 0.6 is 0 Å². The molecule has 2 N–H and O–H groups in total. The molecule has 0 aliphatic heterocycles. The topological polar surface area (TPSA) is 92.4 Å². The highest BCUT2D eigenvalue weighted by Crippen LogP contribution is 2.49. The molecule has 2 aromatic carbocycles. The van der Waals surface area contributed by atoms with Crippen LogP contribution in [-0.2, 0) is 0 Å². The van der Waals surface area contributed by atoms with Crippen molar-refractivity contribution in [3.05, 3.63) is 46.6 Å². The van der Waals surface area contributed by atoms with Crippen molar-refractivity contribution in [1.29, 1.82) is 0 Å². The smallest absolute Gasteiger partial charge is 0.211 e. The normalized spacial score (nSPS) is 11.2. The van der Waals surface area contributed by atoms with Gasteiger partial charge in [-0.3, -0.25) is 4.79 Å². The molecule has 3 aromatic rings. The zero-order valence-electron chi connectivity index (χ0n) is 17.5. The molecule has 7 heteroatoms. The summed E-state index contributed by atoms with van der Waals surface area (Å²) in [5.41, 5.74) is 0.236. The number of hydrogen-bond acceptors (Lipinski definition) is 7. The lowest BCUT2D eigenvalue weighted by atomic mass is 10.1. The van der Waals surface area contributed by atoms with E-state index in [2.05, 4.69) is 18.7 Å². The lowest BCUT2D eigenvalue weighted by Gasteiger charge is -2.19. The molecule has 1 aromatic heterocycles. The highest BCUT2D eigenvalue weighted by Gasteiger charge is 2.25. The van der Waals surface area contributed by atoms with E-state index in [0.717, 1.165) is 26.1 Å². The third kappa shape index (κ3) is 4.21. The van der Waals surface area contributed by atoms with Gasteiger partial charge in [-0.25, -0.2) is 0 Å². The van der Waals surface area contributed by atoms with Gasteiger partial charge in [0.1, 0.15) is 11.1 Å². The Bertz CT molecular complexity index is 1060. The van der Waals surface area contributed by atoms with Gasteiger partial charge in [-0.2, -0.15) is 0 Å². The van der Waals surface area contributed by atoms with Crippen LogP contribution < -0.4 is 14.9 Å². The summed E-state index contributed by atoms with van der Waals surface area (Å²) in [7, 11) is 1.39. The van der Waals surface area contributed by atoms with Gasteiger partial charge in [-0.05, 0) is 19.5 Å². The molecule has 1 heterocycles. The Balaban J connectivity index is 2.03. The summed E-state index contributed by atoms with van der Waals surface area (Å²) >= 11 is 0. The van der Waals surface area contributed by atoms with Crippen molar-refractivity contribution < 1.29 is 24.1 Å². The van der Waals surface area contributed by atoms with E-state index in [1.807, 2.05) is 30.3 Å². The van der Waals surface area contributed by atoms with Crippen LogP contribution in [0.15, 0.2) is 45.6 Å². The van der Waals surface area contributed by atoms with Crippen molar-refractivity contribution in [2.24, 2.45) is 0 Å². The van der Waals surface area contributed by atoms with Crippen LogP contribution in [0.5, 0.6) is 23.0 Å². The van der Waals surface area contributed by atoms with E-state index in [0.29, 0.717) is 17.9 Å². The van der Waals surface area contributed by atoms with E-state index in [9.17, 15) is 15.0 Å². The van der Waals surface area contributed by atoms with E-state index < -0.39 is 16.9 Å². The Labute approximate surface area is 175 Å². The number of ether oxygens (including phenoxy) is 2. The molecule has 0 aliphatic rings. The Morgan fingerprint density at radius 1 is 1.03 bits per heavy atom. The van der Waals surface area contributed by atoms with Gasteiger partial charge in [0, 0.05) is 18.2 Å². The van der Waals surface area contributed by atoms with Gasteiger partial charge in [0.2, 0.25) is 17.2 Å². The molecule has 0 saturated carbocycles. The summed E-state index contributed by atoms with van der Waals surface area (Å²) in [6.45, 7) is 7.20. The number of aromatic hydroxyl groups is 2. The fourth-order valence-corrected chi connectivity index (χ4v) is 3.38. The molecule has 0 fully saturated rings. The quantitative estimate of drug-likeness (QED) is 0.405. The minimum absolute atomic E-state index is 0.0258. The Kier molecular flexibility index (Phi) is 6.84. The molecule has 3 rings (SSSR count). The molecule has 0 spiro atoms. The minimum atomic E-state index is -0.585. The maximum atomic E-state index is 12.7. The highest BCUT2D eigenvalue weighted by atomic mass is 16.5. The van der Waals surface area contributed by atoms with Crippen LogP contribution in [0.3, 0.4) is 0 Å². The van der Waals surface area contributed by atoms with Crippen molar-refractivity contribution in [2.75, 3.05) is 33.4 Å². The zero-order chi connectivity index (χ0) is 21.7. The summed E-state index contributed by atoms with van der Waals surface area (Å²) in [6.07, 6.45) is 0.719. The van der Waals surface area contributed by atoms with Crippen LogP contribution in [0.2, 0.25) is 0 Å². The van der Waals surface area contributed by atoms with Crippen LogP contribution in [-0.4, -0.2) is 48.5 Å². The van der Waals surface area contributed by atoms with E-state index in [1.54, 1.807) is 0 Å². The van der Waals surface area contributed by atoms with Crippen molar-refractivity contribution >= 4 is 11.0 Å².